The fourth-order valence-corrected chi connectivity index (χ4v) is 5.95. The van der Waals surface area contributed by atoms with E-state index in [1.54, 1.807) is 0 Å². The van der Waals surface area contributed by atoms with Gasteiger partial charge in [-0.2, -0.15) is 0 Å². The highest BCUT2D eigenvalue weighted by Crippen LogP contribution is 2.48. The summed E-state index contributed by atoms with van der Waals surface area (Å²) in [6.45, 7) is 4.39. The van der Waals surface area contributed by atoms with Crippen molar-refractivity contribution in [3.63, 3.8) is 0 Å². The van der Waals surface area contributed by atoms with E-state index in [0.29, 0.717) is 20.8 Å². The molecule has 0 aliphatic heterocycles. The molecule has 4 rings (SSSR count). The van der Waals surface area contributed by atoms with E-state index in [9.17, 15) is 10.2 Å². The molecular weight excluding hydrogens is 423 g/mol. The van der Waals surface area contributed by atoms with E-state index < -0.39 is 6.10 Å². The summed E-state index contributed by atoms with van der Waals surface area (Å²) in [6, 6.07) is 34.3. The summed E-state index contributed by atoms with van der Waals surface area (Å²) in [4.78, 5) is 0. The van der Waals surface area contributed by atoms with Crippen molar-refractivity contribution < 1.29 is 10.2 Å². The van der Waals surface area contributed by atoms with E-state index in [1.807, 2.05) is 72.8 Å². The first kappa shape index (κ1) is 23.2. The topological polar surface area (TPSA) is 40.5 Å². The average molecular weight is 455 g/mol. The van der Waals surface area contributed by atoms with Crippen molar-refractivity contribution in [3.05, 3.63) is 131 Å². The van der Waals surface area contributed by atoms with Crippen molar-refractivity contribution in [2.45, 2.75) is 37.9 Å². The lowest BCUT2D eigenvalue weighted by atomic mass is 9.92. The molecule has 3 unspecified atom stereocenters. The van der Waals surface area contributed by atoms with Crippen molar-refractivity contribution in [1.29, 1.82) is 0 Å². The van der Waals surface area contributed by atoms with Crippen LogP contribution in [0.25, 0.3) is 0 Å². The third-order valence-corrected chi connectivity index (χ3v) is 8.34. The third kappa shape index (κ3) is 5.19. The predicted molar refractivity (Wildman–Crippen MR) is 140 cm³/mol. The highest BCUT2D eigenvalue weighted by atomic mass is 31.1. The standard InChI is InChI=1S/C30H31O2P/c1-3-30(2,26-19-12-17-24(29(26)32)21-22-13-6-4-7-14-22)33-27-20-11-10-18-25(27)28(31)23-15-8-5-9-16-23/h4-20,28,31-33H,3,21H2,1-2H3. The van der Waals surface area contributed by atoms with Crippen LogP contribution >= 0.6 is 8.58 Å². The lowest BCUT2D eigenvalue weighted by Gasteiger charge is -2.32. The minimum atomic E-state index is -0.672. The smallest absolute Gasteiger partial charge is 0.123 e. The average Bonchev–Trinajstić information content (AvgIpc) is 2.86. The van der Waals surface area contributed by atoms with Gasteiger partial charge in [-0.25, -0.2) is 0 Å². The van der Waals surface area contributed by atoms with E-state index in [-0.39, 0.29) is 5.16 Å². The first-order chi connectivity index (χ1) is 16.0. The predicted octanol–water partition coefficient (Wildman–Crippen LogP) is 6.69. The molecule has 0 aliphatic carbocycles. The Balaban J connectivity index is 1.68. The lowest BCUT2D eigenvalue weighted by Crippen LogP contribution is -2.21. The molecule has 2 nitrogen and oxygen atoms in total. The van der Waals surface area contributed by atoms with Crippen LogP contribution in [0.2, 0.25) is 0 Å². The molecule has 0 saturated carbocycles. The highest BCUT2D eigenvalue weighted by Gasteiger charge is 2.30. The number of phenolic OH excluding ortho intramolecular Hbond substituents is 1. The zero-order valence-corrected chi connectivity index (χ0v) is 20.2. The Labute approximate surface area is 198 Å². The molecule has 4 aromatic carbocycles. The van der Waals surface area contributed by atoms with E-state index >= 15 is 0 Å². The first-order valence-electron chi connectivity index (χ1n) is 11.5. The molecule has 168 valence electrons. The molecule has 2 N–H and O–H groups in total. The number of phenols is 1. The van der Waals surface area contributed by atoms with Gasteiger partial charge in [0, 0.05) is 17.1 Å². The van der Waals surface area contributed by atoms with Crippen LogP contribution in [0.5, 0.6) is 5.75 Å². The first-order valence-corrected chi connectivity index (χ1v) is 12.5. The molecule has 0 heterocycles. The molecule has 0 radical (unpaired) electrons. The van der Waals surface area contributed by atoms with E-state index in [0.717, 1.165) is 34.0 Å². The van der Waals surface area contributed by atoms with Gasteiger partial charge < -0.3 is 10.2 Å². The fourth-order valence-electron chi connectivity index (χ4n) is 4.30. The van der Waals surface area contributed by atoms with Gasteiger partial charge in [-0.3, -0.25) is 0 Å². The molecule has 4 aromatic rings. The fraction of sp³-hybridized carbons (Fsp3) is 0.200. The quantitative estimate of drug-likeness (QED) is 0.291. The summed E-state index contributed by atoms with van der Waals surface area (Å²) in [5.41, 5.74) is 4.92. The molecule has 33 heavy (non-hydrogen) atoms. The number of aliphatic hydroxyl groups is 1. The molecule has 0 amide bonds. The van der Waals surface area contributed by atoms with Crippen LogP contribution in [0.3, 0.4) is 0 Å². The molecular formula is C30H31O2P. The van der Waals surface area contributed by atoms with Crippen molar-refractivity contribution in [1.82, 2.24) is 0 Å². The molecule has 0 fully saturated rings. The van der Waals surface area contributed by atoms with Crippen LogP contribution in [0.4, 0.5) is 0 Å². The number of rotatable bonds is 8. The summed E-state index contributed by atoms with van der Waals surface area (Å²) in [7, 11) is 0.403. The van der Waals surface area contributed by atoms with Gasteiger partial charge in [0.2, 0.25) is 0 Å². The van der Waals surface area contributed by atoms with Gasteiger partial charge >= 0.3 is 0 Å². The molecule has 0 aromatic heterocycles. The van der Waals surface area contributed by atoms with Crippen LogP contribution in [-0.4, -0.2) is 10.2 Å². The zero-order chi connectivity index (χ0) is 23.3. The Kier molecular flexibility index (Phi) is 7.28. The molecule has 0 aliphatic rings. The summed E-state index contributed by atoms with van der Waals surface area (Å²) in [5.74, 6) is 0.388. The second-order valence-electron chi connectivity index (χ2n) is 8.69. The Hall–Kier alpha value is -2.93. The molecule has 0 saturated heterocycles. The minimum Gasteiger partial charge on any atom is -0.507 e. The van der Waals surface area contributed by atoms with Crippen molar-refractivity contribution in [2.75, 3.05) is 0 Å². The Morgan fingerprint density at radius 3 is 2.12 bits per heavy atom. The minimum absolute atomic E-state index is 0.247. The maximum absolute atomic E-state index is 11.3. The van der Waals surface area contributed by atoms with E-state index in [2.05, 4.69) is 44.2 Å². The number of hydrogen-bond acceptors (Lipinski definition) is 2. The van der Waals surface area contributed by atoms with E-state index in [4.69, 9.17) is 0 Å². The normalized spacial score (nSPS) is 14.3. The SMILES string of the molecule is CCC(C)(Pc1ccccc1C(O)c1ccccc1)c1cccc(Cc2ccccc2)c1O. The Morgan fingerprint density at radius 1 is 0.788 bits per heavy atom. The highest BCUT2D eigenvalue weighted by molar-refractivity contribution is 7.48. The van der Waals surface area contributed by atoms with Crippen molar-refractivity contribution in [2.24, 2.45) is 0 Å². The van der Waals surface area contributed by atoms with Gasteiger partial charge in [-0.15, -0.1) is 0 Å². The second-order valence-corrected chi connectivity index (χ2v) is 10.6. The number of aliphatic hydroxyl groups excluding tert-OH is 1. The maximum Gasteiger partial charge on any atom is 0.123 e. The number of benzene rings is 4. The third-order valence-electron chi connectivity index (χ3n) is 6.44. The molecule has 3 heteroatoms. The summed E-state index contributed by atoms with van der Waals surface area (Å²) in [5, 5.41) is 23.3. The summed E-state index contributed by atoms with van der Waals surface area (Å²) >= 11 is 0. The van der Waals surface area contributed by atoms with Crippen molar-refractivity contribution >= 4 is 13.9 Å². The maximum atomic E-state index is 11.3. The van der Waals surface area contributed by atoms with E-state index in [1.165, 1.54) is 5.56 Å². The molecule has 3 atom stereocenters. The number of hydrogen-bond donors (Lipinski definition) is 2. The van der Waals surface area contributed by atoms with Crippen LogP contribution in [0.1, 0.15) is 54.2 Å². The molecule has 0 spiro atoms. The van der Waals surface area contributed by atoms with Gasteiger partial charge in [0.15, 0.2) is 0 Å². The lowest BCUT2D eigenvalue weighted by molar-refractivity contribution is 0.221. The second kappa shape index (κ2) is 10.3. The van der Waals surface area contributed by atoms with Crippen LogP contribution in [0.15, 0.2) is 103 Å². The number of aromatic hydroxyl groups is 1. The summed E-state index contributed by atoms with van der Waals surface area (Å²) in [6.07, 6.45) is 0.907. The zero-order valence-electron chi connectivity index (χ0n) is 19.2. The van der Waals surface area contributed by atoms with Crippen molar-refractivity contribution in [3.8, 4) is 5.75 Å². The largest absolute Gasteiger partial charge is 0.507 e. The van der Waals surface area contributed by atoms with Gasteiger partial charge in [-0.1, -0.05) is 126 Å². The van der Waals surface area contributed by atoms with Gasteiger partial charge in [-0.05, 0) is 34.0 Å². The Bertz CT molecular complexity index is 1190. The molecule has 0 bridgehead atoms. The van der Waals surface area contributed by atoms with Crippen LogP contribution < -0.4 is 5.30 Å². The van der Waals surface area contributed by atoms with Gasteiger partial charge in [0.25, 0.3) is 0 Å². The summed E-state index contributed by atoms with van der Waals surface area (Å²) < 4.78 is 0. The Morgan fingerprint density at radius 2 is 1.42 bits per heavy atom. The van der Waals surface area contributed by atoms with Gasteiger partial charge in [0.05, 0.1) is 0 Å². The van der Waals surface area contributed by atoms with Crippen LogP contribution in [-0.2, 0) is 11.6 Å². The monoisotopic (exact) mass is 454 g/mol. The number of para-hydroxylation sites is 1. The van der Waals surface area contributed by atoms with Crippen LogP contribution in [0, 0.1) is 0 Å². The van der Waals surface area contributed by atoms with Gasteiger partial charge in [0.1, 0.15) is 11.9 Å².